The maximum atomic E-state index is 12.6. The zero-order valence-electron chi connectivity index (χ0n) is 26.4. The molecule has 1 aliphatic heterocycles. The molecule has 0 spiro atoms. The van der Waals surface area contributed by atoms with Crippen LogP contribution in [0.5, 0.6) is 11.5 Å². The Balaban J connectivity index is 1.15. The highest BCUT2D eigenvalue weighted by atomic mass is 16.6. The zero-order valence-corrected chi connectivity index (χ0v) is 26.4. The molecule has 13 heteroatoms. The topological polar surface area (TPSA) is 175 Å². The lowest BCUT2D eigenvalue weighted by Gasteiger charge is -2.16. The second-order valence-corrected chi connectivity index (χ2v) is 10.9. The van der Waals surface area contributed by atoms with E-state index in [0.29, 0.717) is 17.1 Å². The Kier molecular flexibility index (Phi) is 11.2. The van der Waals surface area contributed by atoms with Crippen LogP contribution in [0.4, 0.5) is 0 Å². The van der Waals surface area contributed by atoms with Gasteiger partial charge in [-0.25, -0.2) is 4.79 Å². The van der Waals surface area contributed by atoms with Crippen LogP contribution in [-0.4, -0.2) is 51.6 Å². The van der Waals surface area contributed by atoms with Gasteiger partial charge in [-0.2, -0.15) is 0 Å². The first-order valence-electron chi connectivity index (χ1n) is 15.2. The number of nitrogens with one attached hydrogen (secondary N) is 2. The molecule has 1 aromatic heterocycles. The molecule has 49 heavy (non-hydrogen) atoms. The molecule has 1 aliphatic rings. The summed E-state index contributed by atoms with van der Waals surface area (Å²) in [6.07, 6.45) is 3.74. The van der Waals surface area contributed by atoms with Crippen molar-refractivity contribution < 1.29 is 38.4 Å². The predicted molar refractivity (Wildman–Crippen MR) is 177 cm³/mol. The van der Waals surface area contributed by atoms with E-state index in [4.69, 9.17) is 18.9 Å². The molecule has 0 aliphatic carbocycles. The summed E-state index contributed by atoms with van der Waals surface area (Å²) >= 11 is 0. The number of rotatable bonds is 14. The molecule has 0 unspecified atom stereocenters. The molecule has 0 radical (unpaired) electrons. The first-order chi connectivity index (χ1) is 23.6. The van der Waals surface area contributed by atoms with Crippen LogP contribution < -0.4 is 26.0 Å². The second-order valence-electron chi connectivity index (χ2n) is 10.9. The number of carbonyl (C=O) groups excluding carboxylic acids is 3. The Hall–Kier alpha value is -6.21. The highest BCUT2D eigenvalue weighted by Gasteiger charge is 2.24. The van der Waals surface area contributed by atoms with E-state index in [0.717, 1.165) is 17.2 Å². The average Bonchev–Trinajstić information content (AvgIpc) is 3.59. The smallest absolute Gasteiger partial charge is 0.330 e. The summed E-state index contributed by atoms with van der Waals surface area (Å²) < 4.78 is 23.8. The number of aryl methyl sites for hydroxylation is 1. The van der Waals surface area contributed by atoms with Gasteiger partial charge in [0.1, 0.15) is 49.7 Å². The standard InChI is InChI=1S/C36H33N3O10/c1-23-19-39(36(45)38-34(23)43)32-13-12-27(49-32)22-48-33(42)18-37-35(44)31(41)17-30(40)26-14-28(46-20-24-8-4-2-5-9-24)16-29(15-26)47-21-25-10-6-3-7-11-25/h2-17,19,27,32,40H,18,20-22H2,1H3,(H,37,44)(H,38,43,45)/b30-17-/t27-,32+/m0/s1. The molecule has 4 aromatic rings. The van der Waals surface area contributed by atoms with Gasteiger partial charge in [0.2, 0.25) is 5.78 Å². The van der Waals surface area contributed by atoms with Crippen LogP contribution in [0, 0.1) is 6.92 Å². The van der Waals surface area contributed by atoms with Gasteiger partial charge in [0, 0.05) is 29.5 Å². The van der Waals surface area contributed by atoms with Gasteiger partial charge in [-0.15, -0.1) is 0 Å². The number of ether oxygens (including phenoxy) is 4. The SMILES string of the molecule is Cc1cn([C@H]2C=C[C@@H](COC(=O)CNC(=O)C(=O)/C=C(\O)c3cc(OCc4ccccc4)cc(OCc4ccccc4)c3)O2)c(=O)[nH]c1=O. The van der Waals surface area contributed by atoms with Crippen LogP contribution in [0.25, 0.3) is 5.76 Å². The largest absolute Gasteiger partial charge is 0.507 e. The van der Waals surface area contributed by atoms with Crippen molar-refractivity contribution in [2.75, 3.05) is 13.2 Å². The molecule has 3 N–H and O–H groups in total. The predicted octanol–water partition coefficient (Wildman–Crippen LogP) is 3.28. The fraction of sp³-hybridized carbons (Fsp3) is 0.194. The first kappa shape index (κ1) is 34.1. The number of aromatic nitrogens is 2. The molecule has 252 valence electrons. The quantitative estimate of drug-likeness (QED) is 0.0595. The maximum Gasteiger partial charge on any atom is 0.330 e. The third-order valence-corrected chi connectivity index (χ3v) is 7.19. The maximum absolute atomic E-state index is 12.6. The molecule has 2 atom stereocenters. The number of amides is 1. The van der Waals surface area contributed by atoms with Crippen molar-refractivity contribution in [3.63, 3.8) is 0 Å². The van der Waals surface area contributed by atoms with Gasteiger partial charge in [0.15, 0.2) is 6.23 Å². The van der Waals surface area contributed by atoms with Crippen LogP contribution >= 0.6 is 0 Å². The number of hydrogen-bond donors (Lipinski definition) is 3. The summed E-state index contributed by atoms with van der Waals surface area (Å²) in [7, 11) is 0. The summed E-state index contributed by atoms with van der Waals surface area (Å²) in [5.41, 5.74) is 1.15. The van der Waals surface area contributed by atoms with E-state index >= 15 is 0 Å². The number of carbonyl (C=O) groups is 3. The number of hydrogen-bond acceptors (Lipinski definition) is 10. The molecular weight excluding hydrogens is 634 g/mol. The van der Waals surface area contributed by atoms with Gasteiger partial charge < -0.3 is 29.4 Å². The van der Waals surface area contributed by atoms with Crippen molar-refractivity contribution in [2.24, 2.45) is 0 Å². The molecule has 1 amide bonds. The van der Waals surface area contributed by atoms with Crippen LogP contribution in [0.15, 0.2) is 113 Å². The van der Waals surface area contributed by atoms with E-state index < -0.39 is 53.5 Å². The van der Waals surface area contributed by atoms with Crippen LogP contribution in [0.3, 0.4) is 0 Å². The third-order valence-electron chi connectivity index (χ3n) is 7.19. The fourth-order valence-electron chi connectivity index (χ4n) is 4.62. The van der Waals surface area contributed by atoms with E-state index in [9.17, 15) is 29.1 Å². The molecule has 0 saturated heterocycles. The number of H-pyrrole nitrogens is 1. The van der Waals surface area contributed by atoms with Crippen LogP contribution in [0.1, 0.15) is 28.5 Å². The molecule has 3 aromatic carbocycles. The van der Waals surface area contributed by atoms with Crippen LogP contribution in [0.2, 0.25) is 0 Å². The van der Waals surface area contributed by atoms with Gasteiger partial charge in [-0.05, 0) is 36.3 Å². The highest BCUT2D eigenvalue weighted by Crippen LogP contribution is 2.28. The van der Waals surface area contributed by atoms with Gasteiger partial charge in [-0.3, -0.25) is 28.7 Å². The third kappa shape index (κ3) is 9.65. The Labute approximate surface area is 280 Å². The molecule has 0 fully saturated rings. The van der Waals surface area contributed by atoms with Crippen LogP contribution in [-0.2, 0) is 37.1 Å². The van der Waals surface area contributed by atoms with Gasteiger partial charge in [-0.1, -0.05) is 66.7 Å². The van der Waals surface area contributed by atoms with Crippen molar-refractivity contribution in [2.45, 2.75) is 32.5 Å². The fourth-order valence-corrected chi connectivity index (χ4v) is 4.62. The van der Waals surface area contributed by atoms with E-state index in [1.54, 1.807) is 25.1 Å². The minimum Gasteiger partial charge on any atom is -0.507 e. The Morgan fingerprint density at radius 1 is 0.918 bits per heavy atom. The summed E-state index contributed by atoms with van der Waals surface area (Å²) in [5, 5.41) is 13.0. The Morgan fingerprint density at radius 3 is 2.14 bits per heavy atom. The Bertz CT molecular complexity index is 1920. The van der Waals surface area contributed by atoms with Crippen molar-refractivity contribution in [3.05, 3.63) is 146 Å². The van der Waals surface area contributed by atoms with Crippen molar-refractivity contribution in [1.29, 1.82) is 0 Å². The van der Waals surface area contributed by atoms with Gasteiger partial charge >= 0.3 is 11.7 Å². The summed E-state index contributed by atoms with van der Waals surface area (Å²) in [6, 6.07) is 23.6. The molecule has 2 heterocycles. The molecule has 13 nitrogen and oxygen atoms in total. The summed E-state index contributed by atoms with van der Waals surface area (Å²) in [5.74, 6) is -2.91. The number of benzene rings is 3. The minimum atomic E-state index is -1.15. The molecule has 0 saturated carbocycles. The van der Waals surface area contributed by atoms with Crippen molar-refractivity contribution in [1.82, 2.24) is 14.9 Å². The van der Waals surface area contributed by atoms with Crippen molar-refractivity contribution >= 4 is 23.4 Å². The minimum absolute atomic E-state index is 0.163. The van der Waals surface area contributed by atoms with Gasteiger partial charge in [0.05, 0.1) is 0 Å². The number of esters is 1. The normalized spacial score (nSPS) is 15.4. The van der Waals surface area contributed by atoms with E-state index in [1.165, 1.54) is 22.9 Å². The molecule has 5 rings (SSSR count). The monoisotopic (exact) mass is 667 g/mol. The lowest BCUT2D eigenvalue weighted by atomic mass is 10.1. The number of aliphatic hydroxyl groups is 1. The number of aromatic amines is 1. The van der Waals surface area contributed by atoms with E-state index in [2.05, 4.69) is 10.3 Å². The van der Waals surface area contributed by atoms with E-state index in [-0.39, 0.29) is 25.4 Å². The Morgan fingerprint density at radius 2 is 1.53 bits per heavy atom. The number of ketones is 1. The highest BCUT2D eigenvalue weighted by molar-refractivity contribution is 6.41. The number of nitrogens with zero attached hydrogens (tertiary/aromatic N) is 1. The first-order valence-corrected chi connectivity index (χ1v) is 15.2. The van der Waals surface area contributed by atoms with Crippen molar-refractivity contribution in [3.8, 4) is 11.5 Å². The lowest BCUT2D eigenvalue weighted by Crippen LogP contribution is -2.36. The number of aliphatic hydroxyl groups excluding tert-OH is 1. The second kappa shape index (κ2) is 16.1. The van der Waals surface area contributed by atoms with Gasteiger partial charge in [0.25, 0.3) is 11.5 Å². The average molecular weight is 668 g/mol. The molecular formula is C36H33N3O10. The zero-order chi connectivity index (χ0) is 34.8. The van der Waals surface area contributed by atoms with E-state index in [1.807, 2.05) is 60.7 Å². The summed E-state index contributed by atoms with van der Waals surface area (Å²) in [6.45, 7) is 1.16. The molecule has 0 bridgehead atoms. The lowest BCUT2D eigenvalue weighted by molar-refractivity contribution is -0.148. The summed E-state index contributed by atoms with van der Waals surface area (Å²) in [4.78, 5) is 63.2.